The second-order valence-corrected chi connectivity index (χ2v) is 5.45. The molecule has 2 rings (SSSR count). The SMILES string of the molecule is CCC(C)(C)NC(=O)C1CC12CNC2.Cl. The highest BCUT2D eigenvalue weighted by atomic mass is 35.5. The summed E-state index contributed by atoms with van der Waals surface area (Å²) in [6.45, 7) is 8.35. The Labute approximate surface area is 97.8 Å². The van der Waals surface area contributed by atoms with Gasteiger partial charge in [-0.2, -0.15) is 0 Å². The van der Waals surface area contributed by atoms with E-state index in [1.54, 1.807) is 0 Å². The monoisotopic (exact) mass is 232 g/mol. The molecule has 1 atom stereocenters. The summed E-state index contributed by atoms with van der Waals surface area (Å²) < 4.78 is 0. The third-order valence-electron chi connectivity index (χ3n) is 3.81. The minimum absolute atomic E-state index is 0. The fourth-order valence-corrected chi connectivity index (χ4v) is 2.06. The van der Waals surface area contributed by atoms with Gasteiger partial charge in [0.05, 0.1) is 0 Å². The molecule has 3 nitrogen and oxygen atoms in total. The van der Waals surface area contributed by atoms with Gasteiger partial charge < -0.3 is 10.6 Å². The first-order valence-corrected chi connectivity index (χ1v) is 5.52. The Bertz CT molecular complexity index is 261. The van der Waals surface area contributed by atoms with E-state index >= 15 is 0 Å². The fraction of sp³-hybridized carbons (Fsp3) is 0.909. The molecule has 0 aromatic rings. The van der Waals surface area contributed by atoms with Crippen LogP contribution in [-0.2, 0) is 4.79 Å². The van der Waals surface area contributed by atoms with Crippen LogP contribution in [0.25, 0.3) is 0 Å². The molecule has 1 aliphatic carbocycles. The second-order valence-electron chi connectivity index (χ2n) is 5.45. The molecule has 1 amide bonds. The van der Waals surface area contributed by atoms with Crippen molar-refractivity contribution in [2.24, 2.45) is 11.3 Å². The van der Waals surface area contributed by atoms with Gasteiger partial charge in [-0.3, -0.25) is 4.79 Å². The second kappa shape index (κ2) is 3.95. The smallest absolute Gasteiger partial charge is 0.224 e. The molecule has 1 spiro atoms. The fourth-order valence-electron chi connectivity index (χ4n) is 2.06. The van der Waals surface area contributed by atoms with Crippen molar-refractivity contribution in [3.05, 3.63) is 0 Å². The summed E-state index contributed by atoms with van der Waals surface area (Å²) in [4.78, 5) is 11.8. The highest BCUT2D eigenvalue weighted by molar-refractivity contribution is 5.85. The van der Waals surface area contributed by atoms with Crippen LogP contribution in [-0.4, -0.2) is 24.5 Å². The summed E-state index contributed by atoms with van der Waals surface area (Å²) in [5, 5.41) is 6.37. The van der Waals surface area contributed by atoms with E-state index in [-0.39, 0.29) is 29.8 Å². The number of amides is 1. The van der Waals surface area contributed by atoms with E-state index in [2.05, 4.69) is 31.4 Å². The molecule has 4 heteroatoms. The molecule has 2 fully saturated rings. The van der Waals surface area contributed by atoms with E-state index in [4.69, 9.17) is 0 Å². The van der Waals surface area contributed by atoms with Crippen LogP contribution in [0.15, 0.2) is 0 Å². The van der Waals surface area contributed by atoms with E-state index in [1.165, 1.54) is 0 Å². The quantitative estimate of drug-likeness (QED) is 0.771. The van der Waals surface area contributed by atoms with Gasteiger partial charge in [0.25, 0.3) is 0 Å². The predicted octanol–water partition coefficient (Wildman–Crippen LogP) is 1.32. The van der Waals surface area contributed by atoms with E-state index < -0.39 is 0 Å². The molecule has 88 valence electrons. The molecule has 1 unspecified atom stereocenters. The largest absolute Gasteiger partial charge is 0.351 e. The average molecular weight is 233 g/mol. The number of halogens is 1. The molecule has 1 saturated heterocycles. The number of hydrogen-bond donors (Lipinski definition) is 2. The Hall–Kier alpha value is -0.280. The molecule has 15 heavy (non-hydrogen) atoms. The van der Waals surface area contributed by atoms with Crippen molar-refractivity contribution < 1.29 is 4.79 Å². The third-order valence-corrected chi connectivity index (χ3v) is 3.81. The maximum Gasteiger partial charge on any atom is 0.224 e. The van der Waals surface area contributed by atoms with E-state index in [0.29, 0.717) is 5.41 Å². The van der Waals surface area contributed by atoms with Gasteiger partial charge in [-0.1, -0.05) is 6.92 Å². The van der Waals surface area contributed by atoms with Crippen LogP contribution < -0.4 is 10.6 Å². The Kier molecular flexibility index (Phi) is 3.36. The van der Waals surface area contributed by atoms with Gasteiger partial charge in [0.15, 0.2) is 0 Å². The topological polar surface area (TPSA) is 41.1 Å². The van der Waals surface area contributed by atoms with E-state index in [0.717, 1.165) is 25.9 Å². The lowest BCUT2D eigenvalue weighted by Gasteiger charge is -2.30. The standard InChI is InChI=1S/C11H20N2O.ClH/c1-4-10(2,3)13-9(14)8-5-11(8)6-12-7-11;/h8,12H,4-7H2,1-3H3,(H,13,14);1H. The van der Waals surface area contributed by atoms with Gasteiger partial charge in [0, 0.05) is 30.0 Å². The van der Waals surface area contributed by atoms with Crippen LogP contribution in [0.5, 0.6) is 0 Å². The van der Waals surface area contributed by atoms with Crippen molar-refractivity contribution in [1.29, 1.82) is 0 Å². The molecule has 0 bridgehead atoms. The van der Waals surface area contributed by atoms with Crippen LogP contribution in [0.3, 0.4) is 0 Å². The summed E-state index contributed by atoms with van der Waals surface area (Å²) >= 11 is 0. The summed E-state index contributed by atoms with van der Waals surface area (Å²) in [6.07, 6.45) is 2.07. The van der Waals surface area contributed by atoms with E-state index in [1.807, 2.05) is 0 Å². The van der Waals surface area contributed by atoms with E-state index in [9.17, 15) is 4.79 Å². The van der Waals surface area contributed by atoms with Gasteiger partial charge in [0.1, 0.15) is 0 Å². The van der Waals surface area contributed by atoms with Crippen LogP contribution in [0.1, 0.15) is 33.6 Å². The third kappa shape index (κ3) is 2.28. The zero-order chi connectivity index (χ0) is 10.4. The molecule has 0 radical (unpaired) electrons. The van der Waals surface area contributed by atoms with Gasteiger partial charge >= 0.3 is 0 Å². The Morgan fingerprint density at radius 2 is 2.13 bits per heavy atom. The van der Waals surface area contributed by atoms with Crippen molar-refractivity contribution in [2.45, 2.75) is 39.2 Å². The minimum Gasteiger partial charge on any atom is -0.351 e. The zero-order valence-electron chi connectivity index (χ0n) is 9.72. The number of hydrogen-bond acceptors (Lipinski definition) is 2. The summed E-state index contributed by atoms with van der Waals surface area (Å²) in [5.74, 6) is 0.549. The first kappa shape index (κ1) is 12.8. The number of nitrogens with one attached hydrogen (secondary N) is 2. The van der Waals surface area contributed by atoms with Crippen molar-refractivity contribution in [1.82, 2.24) is 10.6 Å². The molecular formula is C11H21ClN2O. The van der Waals surface area contributed by atoms with Crippen LogP contribution in [0.2, 0.25) is 0 Å². The lowest BCUT2D eigenvalue weighted by molar-refractivity contribution is -0.125. The Morgan fingerprint density at radius 3 is 2.47 bits per heavy atom. The molecule has 1 heterocycles. The van der Waals surface area contributed by atoms with Gasteiger partial charge in [-0.15, -0.1) is 12.4 Å². The highest BCUT2D eigenvalue weighted by Gasteiger charge is 2.61. The zero-order valence-corrected chi connectivity index (χ0v) is 10.5. The molecule has 0 aromatic heterocycles. The van der Waals surface area contributed by atoms with Crippen LogP contribution in [0, 0.1) is 11.3 Å². The van der Waals surface area contributed by atoms with Gasteiger partial charge in [-0.25, -0.2) is 0 Å². The number of rotatable bonds is 3. The number of carbonyl (C=O) groups excluding carboxylic acids is 1. The molecule has 1 saturated carbocycles. The van der Waals surface area contributed by atoms with Gasteiger partial charge in [0.2, 0.25) is 5.91 Å². The molecule has 0 aromatic carbocycles. The summed E-state index contributed by atoms with van der Waals surface area (Å²) in [6, 6.07) is 0. The maximum absolute atomic E-state index is 11.8. The van der Waals surface area contributed by atoms with Crippen molar-refractivity contribution in [3.63, 3.8) is 0 Å². The van der Waals surface area contributed by atoms with Crippen LogP contribution >= 0.6 is 12.4 Å². The Balaban J connectivity index is 0.00000112. The Morgan fingerprint density at radius 1 is 1.53 bits per heavy atom. The molecule has 2 aliphatic rings. The highest BCUT2D eigenvalue weighted by Crippen LogP contribution is 2.55. The molecule has 2 N–H and O–H groups in total. The lowest BCUT2D eigenvalue weighted by atomic mass is 9.95. The predicted molar refractivity (Wildman–Crippen MR) is 63.2 cm³/mol. The molecular weight excluding hydrogens is 212 g/mol. The van der Waals surface area contributed by atoms with Crippen molar-refractivity contribution in [2.75, 3.05) is 13.1 Å². The molecule has 1 aliphatic heterocycles. The first-order chi connectivity index (χ1) is 6.49. The minimum atomic E-state index is -0.0436. The maximum atomic E-state index is 11.8. The van der Waals surface area contributed by atoms with Crippen molar-refractivity contribution >= 4 is 18.3 Å². The van der Waals surface area contributed by atoms with Crippen molar-refractivity contribution in [3.8, 4) is 0 Å². The van der Waals surface area contributed by atoms with Crippen LogP contribution in [0.4, 0.5) is 0 Å². The normalized spacial score (nSPS) is 26.5. The average Bonchev–Trinajstić information content (AvgIpc) is 2.77. The van der Waals surface area contributed by atoms with Gasteiger partial charge in [-0.05, 0) is 26.7 Å². The summed E-state index contributed by atoms with van der Waals surface area (Å²) in [5.41, 5.74) is 0.311. The first-order valence-electron chi connectivity index (χ1n) is 5.52. The number of carbonyl (C=O) groups is 1. The summed E-state index contributed by atoms with van der Waals surface area (Å²) in [7, 11) is 0. The lowest BCUT2D eigenvalue weighted by Crippen LogP contribution is -2.49.